The van der Waals surface area contributed by atoms with Crippen LogP contribution in [0.1, 0.15) is 48.4 Å². The molecule has 2 fully saturated rings. The molecule has 2 aliphatic rings. The molecule has 2 atom stereocenters. The van der Waals surface area contributed by atoms with E-state index in [1.54, 1.807) is 0 Å². The van der Waals surface area contributed by atoms with Gasteiger partial charge in [-0.05, 0) is 43.7 Å². The molecule has 1 aliphatic carbocycles. The molecular formula is C24H28N2O2. The van der Waals surface area contributed by atoms with Gasteiger partial charge in [-0.1, -0.05) is 60.2 Å². The summed E-state index contributed by atoms with van der Waals surface area (Å²) in [4.78, 5) is 27.8. The molecule has 28 heavy (non-hydrogen) atoms. The zero-order valence-electron chi connectivity index (χ0n) is 16.4. The number of benzene rings is 2. The van der Waals surface area contributed by atoms with Gasteiger partial charge in [0.2, 0.25) is 11.8 Å². The van der Waals surface area contributed by atoms with Crippen molar-refractivity contribution in [2.24, 2.45) is 5.92 Å². The van der Waals surface area contributed by atoms with E-state index in [1.807, 2.05) is 35.2 Å². The van der Waals surface area contributed by atoms with Gasteiger partial charge in [0.15, 0.2) is 0 Å². The van der Waals surface area contributed by atoms with Crippen molar-refractivity contribution in [2.45, 2.75) is 51.1 Å². The van der Waals surface area contributed by atoms with Crippen molar-refractivity contribution < 1.29 is 9.59 Å². The maximum absolute atomic E-state index is 13.2. The van der Waals surface area contributed by atoms with Crippen LogP contribution in [-0.2, 0) is 16.0 Å². The molecule has 1 saturated carbocycles. The van der Waals surface area contributed by atoms with Crippen LogP contribution >= 0.6 is 0 Å². The van der Waals surface area contributed by atoms with E-state index >= 15 is 0 Å². The smallest absolute Gasteiger partial charge is 0.227 e. The highest BCUT2D eigenvalue weighted by atomic mass is 16.2. The molecule has 2 aromatic rings. The van der Waals surface area contributed by atoms with Gasteiger partial charge in [0, 0.05) is 12.6 Å². The molecule has 0 spiro atoms. The van der Waals surface area contributed by atoms with Crippen molar-refractivity contribution >= 4 is 11.8 Å². The largest absolute Gasteiger partial charge is 0.353 e. The third kappa shape index (κ3) is 4.44. The molecule has 1 aliphatic heterocycles. The molecule has 0 bridgehead atoms. The van der Waals surface area contributed by atoms with Crippen LogP contribution < -0.4 is 5.32 Å². The van der Waals surface area contributed by atoms with Crippen molar-refractivity contribution in [1.82, 2.24) is 10.2 Å². The lowest BCUT2D eigenvalue weighted by Gasteiger charge is -2.40. The summed E-state index contributed by atoms with van der Waals surface area (Å²) in [6.07, 6.45) is 4.20. The molecule has 4 heteroatoms. The van der Waals surface area contributed by atoms with Crippen LogP contribution in [-0.4, -0.2) is 29.3 Å². The average molecular weight is 377 g/mol. The van der Waals surface area contributed by atoms with E-state index in [1.165, 1.54) is 11.1 Å². The maximum Gasteiger partial charge on any atom is 0.227 e. The highest BCUT2D eigenvalue weighted by Gasteiger charge is 2.37. The lowest BCUT2D eigenvalue weighted by molar-refractivity contribution is -0.138. The summed E-state index contributed by atoms with van der Waals surface area (Å²) < 4.78 is 0. The molecule has 1 saturated heterocycles. The van der Waals surface area contributed by atoms with Crippen LogP contribution in [0.2, 0.25) is 0 Å². The summed E-state index contributed by atoms with van der Waals surface area (Å²) in [5.41, 5.74) is 3.38. The Morgan fingerprint density at radius 1 is 1.00 bits per heavy atom. The Labute approximate surface area is 166 Å². The molecule has 4 nitrogen and oxygen atoms in total. The van der Waals surface area contributed by atoms with Gasteiger partial charge >= 0.3 is 0 Å². The summed E-state index contributed by atoms with van der Waals surface area (Å²) in [5.74, 6) is 0.103. The normalized spacial score (nSPS) is 22.0. The third-order valence-electron chi connectivity index (χ3n) is 5.82. The van der Waals surface area contributed by atoms with Crippen LogP contribution in [0.15, 0.2) is 54.6 Å². The fraction of sp³-hybridized carbons (Fsp3) is 0.417. The van der Waals surface area contributed by atoms with Gasteiger partial charge in [0.1, 0.15) is 0 Å². The van der Waals surface area contributed by atoms with E-state index in [9.17, 15) is 9.59 Å². The Balaban J connectivity index is 1.54. The molecular weight excluding hydrogens is 348 g/mol. The SMILES string of the molecule is Cc1cccc(C2CCC(C(=O)NC3CC3)CN2C(=O)Cc2ccccc2)c1. The Morgan fingerprint density at radius 3 is 2.50 bits per heavy atom. The van der Waals surface area contributed by atoms with E-state index in [0.29, 0.717) is 19.0 Å². The number of likely N-dealkylation sites (tertiary alicyclic amines) is 1. The van der Waals surface area contributed by atoms with Crippen LogP contribution in [0.4, 0.5) is 0 Å². The molecule has 1 heterocycles. The number of piperidine rings is 1. The minimum atomic E-state index is -0.110. The number of nitrogens with zero attached hydrogens (tertiary/aromatic N) is 1. The fourth-order valence-electron chi connectivity index (χ4n) is 4.10. The lowest BCUT2D eigenvalue weighted by atomic mass is 9.87. The first-order valence-electron chi connectivity index (χ1n) is 10.3. The van der Waals surface area contributed by atoms with Crippen molar-refractivity contribution in [1.29, 1.82) is 0 Å². The number of aryl methyl sites for hydroxylation is 1. The number of carbonyl (C=O) groups excluding carboxylic acids is 2. The molecule has 0 aromatic heterocycles. The molecule has 2 unspecified atom stereocenters. The van der Waals surface area contributed by atoms with Gasteiger partial charge in [-0.25, -0.2) is 0 Å². The monoisotopic (exact) mass is 376 g/mol. The van der Waals surface area contributed by atoms with Crippen LogP contribution in [0.25, 0.3) is 0 Å². The summed E-state index contributed by atoms with van der Waals surface area (Å²) in [5, 5.41) is 3.12. The number of rotatable bonds is 5. The maximum atomic E-state index is 13.2. The number of carbonyl (C=O) groups is 2. The Bertz CT molecular complexity index is 845. The second kappa shape index (κ2) is 8.17. The number of hydrogen-bond acceptors (Lipinski definition) is 2. The van der Waals surface area contributed by atoms with E-state index in [0.717, 1.165) is 31.2 Å². The van der Waals surface area contributed by atoms with E-state index in [4.69, 9.17) is 0 Å². The molecule has 0 radical (unpaired) electrons. The standard InChI is InChI=1S/C24H28N2O2/c1-17-6-5-9-19(14-17)22-13-10-20(24(28)25-21-11-12-21)16-26(22)23(27)15-18-7-3-2-4-8-18/h2-9,14,20-22H,10-13,15-16H2,1H3,(H,25,28). The van der Waals surface area contributed by atoms with Crippen molar-refractivity contribution in [3.05, 3.63) is 71.3 Å². The summed E-state index contributed by atoms with van der Waals surface area (Å²) in [6, 6.07) is 18.7. The molecule has 1 N–H and O–H groups in total. The Kier molecular flexibility index (Phi) is 5.47. The molecule has 2 amide bonds. The second-order valence-electron chi connectivity index (χ2n) is 8.20. The number of nitrogens with one attached hydrogen (secondary N) is 1. The van der Waals surface area contributed by atoms with Crippen molar-refractivity contribution in [2.75, 3.05) is 6.54 Å². The van der Waals surface area contributed by atoms with Crippen molar-refractivity contribution in [3.63, 3.8) is 0 Å². The zero-order valence-corrected chi connectivity index (χ0v) is 16.4. The van der Waals surface area contributed by atoms with Crippen LogP contribution in [0.5, 0.6) is 0 Å². The van der Waals surface area contributed by atoms with Crippen LogP contribution in [0, 0.1) is 12.8 Å². The Morgan fingerprint density at radius 2 is 1.79 bits per heavy atom. The molecule has 2 aromatic carbocycles. The van der Waals surface area contributed by atoms with Gasteiger partial charge in [-0.15, -0.1) is 0 Å². The molecule has 146 valence electrons. The first kappa shape index (κ1) is 18.7. The summed E-state index contributed by atoms with van der Waals surface area (Å²) in [6.45, 7) is 2.58. The second-order valence-corrected chi connectivity index (χ2v) is 8.20. The first-order valence-corrected chi connectivity index (χ1v) is 10.3. The van der Waals surface area contributed by atoms with E-state index < -0.39 is 0 Å². The third-order valence-corrected chi connectivity index (χ3v) is 5.82. The summed E-state index contributed by atoms with van der Waals surface area (Å²) in [7, 11) is 0. The topological polar surface area (TPSA) is 49.4 Å². The lowest BCUT2D eigenvalue weighted by Crippen LogP contribution is -2.47. The quantitative estimate of drug-likeness (QED) is 0.863. The average Bonchev–Trinajstić information content (AvgIpc) is 3.52. The summed E-state index contributed by atoms with van der Waals surface area (Å²) >= 11 is 0. The van der Waals surface area contributed by atoms with Gasteiger partial charge in [-0.2, -0.15) is 0 Å². The number of hydrogen-bond donors (Lipinski definition) is 1. The van der Waals surface area contributed by atoms with Gasteiger partial charge < -0.3 is 10.2 Å². The minimum Gasteiger partial charge on any atom is -0.353 e. The number of amides is 2. The van der Waals surface area contributed by atoms with Crippen LogP contribution in [0.3, 0.4) is 0 Å². The predicted molar refractivity (Wildman–Crippen MR) is 110 cm³/mol. The highest BCUT2D eigenvalue weighted by Crippen LogP contribution is 2.35. The predicted octanol–water partition coefficient (Wildman–Crippen LogP) is 3.80. The Hall–Kier alpha value is -2.62. The fourth-order valence-corrected chi connectivity index (χ4v) is 4.10. The first-order chi connectivity index (χ1) is 13.6. The van der Waals surface area contributed by atoms with E-state index in [-0.39, 0.29) is 23.8 Å². The van der Waals surface area contributed by atoms with Gasteiger partial charge in [-0.3, -0.25) is 9.59 Å². The minimum absolute atomic E-state index is 0.0427. The molecule has 4 rings (SSSR count). The zero-order chi connectivity index (χ0) is 19.5. The van der Waals surface area contributed by atoms with Gasteiger partial charge in [0.05, 0.1) is 18.4 Å². The highest BCUT2D eigenvalue weighted by molar-refractivity contribution is 5.83. The van der Waals surface area contributed by atoms with Crippen molar-refractivity contribution in [3.8, 4) is 0 Å². The van der Waals surface area contributed by atoms with Gasteiger partial charge in [0.25, 0.3) is 0 Å². The van der Waals surface area contributed by atoms with E-state index in [2.05, 4.69) is 36.5 Å².